The van der Waals surface area contributed by atoms with Crippen LogP contribution in [0.3, 0.4) is 0 Å². The number of nitrogens with zero attached hydrogens (tertiary/aromatic N) is 2. The standard InChI is InChI=1S/C23H20ClN3O3/c1-27-13-12-25-23(27)21(15-6-8-17(24)9-7-15)26-20(28)11-10-18-14-16-4-3-5-19(29-2)22(16)30-18/h3-14,21H,1-2H3,(H,26,28)/b11-10+. The maximum atomic E-state index is 12.7. The number of amides is 1. The molecule has 1 unspecified atom stereocenters. The molecule has 0 aliphatic rings. The Bertz CT molecular complexity index is 1210. The van der Waals surface area contributed by atoms with Gasteiger partial charge in [0.15, 0.2) is 11.3 Å². The van der Waals surface area contributed by atoms with E-state index in [9.17, 15) is 4.79 Å². The zero-order chi connectivity index (χ0) is 21.1. The van der Waals surface area contributed by atoms with Gasteiger partial charge in [-0.3, -0.25) is 4.79 Å². The molecule has 4 aromatic rings. The predicted molar refractivity (Wildman–Crippen MR) is 116 cm³/mol. The van der Waals surface area contributed by atoms with Gasteiger partial charge in [0.2, 0.25) is 5.91 Å². The lowest BCUT2D eigenvalue weighted by Crippen LogP contribution is -2.29. The fourth-order valence-electron chi connectivity index (χ4n) is 3.25. The van der Waals surface area contributed by atoms with E-state index in [0.717, 1.165) is 10.9 Å². The summed E-state index contributed by atoms with van der Waals surface area (Å²) >= 11 is 6.01. The maximum Gasteiger partial charge on any atom is 0.244 e. The molecule has 7 heteroatoms. The average molecular weight is 422 g/mol. The van der Waals surface area contributed by atoms with Crippen LogP contribution in [-0.4, -0.2) is 22.6 Å². The highest BCUT2D eigenvalue weighted by Crippen LogP contribution is 2.29. The van der Waals surface area contributed by atoms with Gasteiger partial charge in [0.05, 0.1) is 7.11 Å². The number of carbonyl (C=O) groups is 1. The van der Waals surface area contributed by atoms with Gasteiger partial charge in [-0.2, -0.15) is 0 Å². The molecule has 0 fully saturated rings. The summed E-state index contributed by atoms with van der Waals surface area (Å²) in [5.74, 6) is 1.65. The van der Waals surface area contributed by atoms with Crippen LogP contribution >= 0.6 is 11.6 Å². The van der Waals surface area contributed by atoms with Crippen molar-refractivity contribution in [3.05, 3.63) is 89.2 Å². The first-order valence-corrected chi connectivity index (χ1v) is 9.71. The average Bonchev–Trinajstić information content (AvgIpc) is 3.36. The normalized spacial score (nSPS) is 12.4. The van der Waals surface area contributed by atoms with E-state index in [-0.39, 0.29) is 5.91 Å². The van der Waals surface area contributed by atoms with Gasteiger partial charge < -0.3 is 19.0 Å². The molecule has 6 nitrogen and oxygen atoms in total. The number of aromatic nitrogens is 2. The molecule has 0 saturated carbocycles. The topological polar surface area (TPSA) is 69.3 Å². The number of rotatable bonds is 6. The molecule has 30 heavy (non-hydrogen) atoms. The number of imidazole rings is 1. The quantitative estimate of drug-likeness (QED) is 0.456. The van der Waals surface area contributed by atoms with Crippen molar-refractivity contribution in [3.8, 4) is 5.75 Å². The third kappa shape index (κ3) is 4.09. The van der Waals surface area contributed by atoms with E-state index in [2.05, 4.69) is 10.3 Å². The second-order valence-electron chi connectivity index (χ2n) is 6.75. The molecule has 1 atom stereocenters. The van der Waals surface area contributed by atoms with Gasteiger partial charge in [0.25, 0.3) is 0 Å². The Morgan fingerprint density at radius 2 is 2.07 bits per heavy atom. The molecule has 4 rings (SSSR count). The largest absolute Gasteiger partial charge is 0.493 e. The number of benzene rings is 2. The number of methoxy groups -OCH3 is 1. The smallest absolute Gasteiger partial charge is 0.244 e. The zero-order valence-electron chi connectivity index (χ0n) is 16.5. The minimum atomic E-state index is -0.421. The van der Waals surface area contributed by atoms with E-state index in [1.54, 1.807) is 31.5 Å². The van der Waals surface area contributed by atoms with Crippen LogP contribution in [0.2, 0.25) is 5.02 Å². The van der Waals surface area contributed by atoms with Crippen LogP contribution < -0.4 is 10.1 Å². The summed E-state index contributed by atoms with van der Waals surface area (Å²) in [6.45, 7) is 0. The summed E-state index contributed by atoms with van der Waals surface area (Å²) in [7, 11) is 3.48. The molecule has 0 saturated heterocycles. The van der Waals surface area contributed by atoms with E-state index >= 15 is 0 Å². The van der Waals surface area contributed by atoms with E-state index in [1.165, 1.54) is 6.08 Å². The molecule has 2 aromatic heterocycles. The van der Waals surface area contributed by atoms with Crippen molar-refractivity contribution in [3.63, 3.8) is 0 Å². The third-order valence-electron chi connectivity index (χ3n) is 4.75. The van der Waals surface area contributed by atoms with Crippen molar-refractivity contribution < 1.29 is 13.9 Å². The highest BCUT2D eigenvalue weighted by molar-refractivity contribution is 6.30. The van der Waals surface area contributed by atoms with E-state index in [0.29, 0.717) is 27.9 Å². The number of aryl methyl sites for hydroxylation is 1. The highest BCUT2D eigenvalue weighted by atomic mass is 35.5. The predicted octanol–water partition coefficient (Wildman–Crippen LogP) is 4.75. The fourth-order valence-corrected chi connectivity index (χ4v) is 3.38. The van der Waals surface area contributed by atoms with Gasteiger partial charge in [-0.1, -0.05) is 35.9 Å². The lowest BCUT2D eigenvalue weighted by molar-refractivity contribution is -0.117. The van der Waals surface area contributed by atoms with Crippen molar-refractivity contribution >= 4 is 34.6 Å². The molecule has 0 aliphatic carbocycles. The van der Waals surface area contributed by atoms with Crippen LogP contribution in [0.1, 0.15) is 23.2 Å². The maximum absolute atomic E-state index is 12.7. The van der Waals surface area contributed by atoms with Gasteiger partial charge in [-0.15, -0.1) is 0 Å². The van der Waals surface area contributed by atoms with Gasteiger partial charge >= 0.3 is 0 Å². The van der Waals surface area contributed by atoms with Gasteiger partial charge in [0.1, 0.15) is 17.6 Å². The van der Waals surface area contributed by atoms with Crippen LogP contribution in [0.15, 0.2) is 71.4 Å². The summed E-state index contributed by atoms with van der Waals surface area (Å²) in [4.78, 5) is 17.1. The molecule has 2 heterocycles. The zero-order valence-corrected chi connectivity index (χ0v) is 17.3. The number of halogens is 1. The fraction of sp³-hybridized carbons (Fsp3) is 0.130. The number of carbonyl (C=O) groups excluding carboxylic acids is 1. The molecular formula is C23H20ClN3O3. The number of hydrogen-bond acceptors (Lipinski definition) is 4. The first kappa shape index (κ1) is 19.8. The molecule has 0 spiro atoms. The summed E-state index contributed by atoms with van der Waals surface area (Å²) in [6, 6.07) is 14.4. The summed E-state index contributed by atoms with van der Waals surface area (Å²) in [5, 5.41) is 4.54. The SMILES string of the molecule is COc1cccc2cc(/C=C/C(=O)NC(c3ccc(Cl)cc3)c3nccn3C)oc12. The Labute approximate surface area is 178 Å². The second kappa shape index (κ2) is 8.47. The van der Waals surface area contributed by atoms with E-state index in [1.807, 2.05) is 54.2 Å². The second-order valence-corrected chi connectivity index (χ2v) is 7.19. The first-order chi connectivity index (χ1) is 14.5. The molecule has 1 amide bonds. The number of ether oxygens (including phenoxy) is 1. The number of para-hydroxylation sites is 1. The van der Waals surface area contributed by atoms with Crippen LogP contribution in [0, 0.1) is 0 Å². The van der Waals surface area contributed by atoms with Gasteiger partial charge in [-0.05, 0) is 35.9 Å². The van der Waals surface area contributed by atoms with Crippen molar-refractivity contribution in [1.29, 1.82) is 0 Å². The van der Waals surface area contributed by atoms with Crippen LogP contribution in [0.5, 0.6) is 5.75 Å². The summed E-state index contributed by atoms with van der Waals surface area (Å²) < 4.78 is 13.0. The Hall–Kier alpha value is -3.51. The van der Waals surface area contributed by atoms with Crippen molar-refractivity contribution in [2.75, 3.05) is 7.11 Å². The van der Waals surface area contributed by atoms with Crippen molar-refractivity contribution in [2.45, 2.75) is 6.04 Å². The third-order valence-corrected chi connectivity index (χ3v) is 5.00. The molecular weight excluding hydrogens is 402 g/mol. The van der Waals surface area contributed by atoms with Crippen molar-refractivity contribution in [1.82, 2.24) is 14.9 Å². The lowest BCUT2D eigenvalue weighted by atomic mass is 10.1. The first-order valence-electron chi connectivity index (χ1n) is 9.33. The highest BCUT2D eigenvalue weighted by Gasteiger charge is 2.20. The Kier molecular flexibility index (Phi) is 5.59. The molecule has 0 bridgehead atoms. The Morgan fingerprint density at radius 3 is 2.77 bits per heavy atom. The molecule has 0 aliphatic heterocycles. The molecule has 0 radical (unpaired) electrons. The van der Waals surface area contributed by atoms with E-state index < -0.39 is 6.04 Å². The summed E-state index contributed by atoms with van der Waals surface area (Å²) in [5.41, 5.74) is 1.52. The van der Waals surface area contributed by atoms with Gasteiger partial charge in [0, 0.05) is 35.9 Å². The van der Waals surface area contributed by atoms with E-state index in [4.69, 9.17) is 20.8 Å². The number of furan rings is 1. The van der Waals surface area contributed by atoms with Crippen molar-refractivity contribution in [2.24, 2.45) is 7.05 Å². The molecule has 2 aromatic carbocycles. The number of fused-ring (bicyclic) bond motifs is 1. The monoisotopic (exact) mass is 421 g/mol. The lowest BCUT2D eigenvalue weighted by Gasteiger charge is -2.18. The number of nitrogens with one attached hydrogen (secondary N) is 1. The molecule has 152 valence electrons. The Morgan fingerprint density at radius 1 is 1.27 bits per heavy atom. The number of hydrogen-bond donors (Lipinski definition) is 1. The minimum Gasteiger partial charge on any atom is -0.493 e. The minimum absolute atomic E-state index is 0.273. The molecule has 1 N–H and O–H groups in total. The van der Waals surface area contributed by atoms with Crippen LogP contribution in [0.4, 0.5) is 0 Å². The van der Waals surface area contributed by atoms with Crippen LogP contribution in [-0.2, 0) is 11.8 Å². The van der Waals surface area contributed by atoms with Crippen LogP contribution in [0.25, 0.3) is 17.0 Å². The Balaban J connectivity index is 1.57. The summed E-state index contributed by atoms with van der Waals surface area (Å²) in [6.07, 6.45) is 6.60. The van der Waals surface area contributed by atoms with Gasteiger partial charge in [-0.25, -0.2) is 4.98 Å².